The summed E-state index contributed by atoms with van der Waals surface area (Å²) in [6, 6.07) is 0. The van der Waals surface area contributed by atoms with Crippen molar-refractivity contribution >= 4 is 16.7 Å². The summed E-state index contributed by atoms with van der Waals surface area (Å²) in [5.41, 5.74) is 5.24. The second kappa shape index (κ2) is 2.44. The van der Waals surface area contributed by atoms with E-state index in [0.717, 1.165) is 0 Å². The van der Waals surface area contributed by atoms with Gasteiger partial charge in [0.25, 0.3) is 0 Å². The number of nitrogens with two attached hydrogens (primary N) is 1. The van der Waals surface area contributed by atoms with Gasteiger partial charge in [0.15, 0.2) is 0 Å². The molecule has 0 unspecified atom stereocenters. The Balaban J connectivity index is 3.06. The van der Waals surface area contributed by atoms with Crippen molar-refractivity contribution in [2.75, 3.05) is 5.73 Å². The molecule has 0 fully saturated rings. The Morgan fingerprint density at radius 3 is 2.62 bits per heavy atom. The van der Waals surface area contributed by atoms with Crippen molar-refractivity contribution < 1.29 is 0 Å². The van der Waals surface area contributed by atoms with Gasteiger partial charge in [0.2, 0.25) is 0 Å². The molecular weight excluding hydrogens is 172 g/mol. The van der Waals surface area contributed by atoms with Crippen LogP contribution in [0, 0.1) is 0 Å². The van der Waals surface area contributed by atoms with Crippen LogP contribution in [-0.4, -0.2) is 15.0 Å². The van der Waals surface area contributed by atoms with Gasteiger partial charge in [0.05, 0.1) is 29.1 Å². The first-order chi connectivity index (χ1) is 6.18. The molecule has 2 aromatic rings. The number of anilines is 1. The van der Waals surface area contributed by atoms with E-state index < -0.39 is 11.1 Å². The van der Waals surface area contributed by atoms with Crippen molar-refractivity contribution in [2.24, 2.45) is 0 Å². The lowest BCUT2D eigenvalue weighted by atomic mass is 10.3. The highest BCUT2D eigenvalue weighted by Gasteiger charge is 2.01. The molecule has 13 heavy (non-hydrogen) atoms. The van der Waals surface area contributed by atoms with Gasteiger partial charge in [-0.2, -0.15) is 0 Å². The van der Waals surface area contributed by atoms with Crippen LogP contribution in [-0.2, 0) is 0 Å². The van der Waals surface area contributed by atoms with Gasteiger partial charge in [-0.05, 0) is 0 Å². The molecule has 66 valence electrons. The molecule has 6 heteroatoms. The Bertz CT molecular complexity index is 568. The molecule has 2 heterocycles. The molecule has 0 aliphatic rings. The third-order valence-corrected chi connectivity index (χ3v) is 1.67. The predicted octanol–water partition coefficient (Wildman–Crippen LogP) is -0.806. The fraction of sp³-hybridized carbons (Fsp3) is 0. The summed E-state index contributed by atoms with van der Waals surface area (Å²) >= 11 is 0. The average molecular weight is 178 g/mol. The molecule has 2 aromatic heterocycles. The Labute approximate surface area is 71.4 Å². The normalized spacial score (nSPS) is 10.5. The summed E-state index contributed by atoms with van der Waals surface area (Å²) in [5, 5.41) is 0. The van der Waals surface area contributed by atoms with Gasteiger partial charge < -0.3 is 15.7 Å². The number of hydrogen-bond donors (Lipinski definition) is 3. The van der Waals surface area contributed by atoms with E-state index in [0.29, 0.717) is 16.7 Å². The number of aromatic nitrogens is 3. The molecule has 0 amide bonds. The highest BCUT2D eigenvalue weighted by molar-refractivity contribution is 5.84. The fourth-order valence-electron chi connectivity index (χ4n) is 1.06. The Kier molecular flexibility index (Phi) is 1.42. The van der Waals surface area contributed by atoms with Gasteiger partial charge in [-0.1, -0.05) is 0 Å². The third-order valence-electron chi connectivity index (χ3n) is 1.67. The minimum absolute atomic E-state index is 0.325. The first kappa shape index (κ1) is 7.53. The standard InChI is InChI=1S/C7H6N4O2/c8-3-1-9-2-4-5(3)11-7(13)6(12)10-4/h1-2H,8H2,(H,10,12)(H,11,13). The highest BCUT2D eigenvalue weighted by Crippen LogP contribution is 2.10. The Morgan fingerprint density at radius 2 is 1.85 bits per heavy atom. The maximum atomic E-state index is 10.9. The van der Waals surface area contributed by atoms with E-state index in [4.69, 9.17) is 5.73 Å². The number of aromatic amines is 2. The zero-order chi connectivity index (χ0) is 9.42. The van der Waals surface area contributed by atoms with E-state index in [2.05, 4.69) is 15.0 Å². The topological polar surface area (TPSA) is 105 Å². The van der Waals surface area contributed by atoms with Crippen LogP contribution in [0.15, 0.2) is 22.0 Å². The second-order valence-electron chi connectivity index (χ2n) is 2.56. The molecule has 0 bridgehead atoms. The van der Waals surface area contributed by atoms with Crippen LogP contribution in [0.25, 0.3) is 11.0 Å². The number of nitrogens with zero attached hydrogens (tertiary/aromatic N) is 1. The van der Waals surface area contributed by atoms with Crippen molar-refractivity contribution in [1.29, 1.82) is 0 Å². The second-order valence-corrected chi connectivity index (χ2v) is 2.56. The van der Waals surface area contributed by atoms with E-state index in [9.17, 15) is 9.59 Å². The predicted molar refractivity (Wildman–Crippen MR) is 47.4 cm³/mol. The zero-order valence-corrected chi connectivity index (χ0v) is 6.50. The number of fused-ring (bicyclic) bond motifs is 1. The molecule has 0 aliphatic carbocycles. The summed E-state index contributed by atoms with van der Waals surface area (Å²) in [5.74, 6) is 0. The Morgan fingerprint density at radius 1 is 1.15 bits per heavy atom. The van der Waals surface area contributed by atoms with Gasteiger partial charge in [-0.3, -0.25) is 14.6 Å². The number of nitrogen functional groups attached to an aromatic ring is 1. The van der Waals surface area contributed by atoms with E-state index >= 15 is 0 Å². The monoisotopic (exact) mass is 178 g/mol. The van der Waals surface area contributed by atoms with Crippen molar-refractivity contribution in [1.82, 2.24) is 15.0 Å². The summed E-state index contributed by atoms with van der Waals surface area (Å²) in [7, 11) is 0. The van der Waals surface area contributed by atoms with Gasteiger partial charge in [0.1, 0.15) is 0 Å². The zero-order valence-electron chi connectivity index (χ0n) is 6.50. The van der Waals surface area contributed by atoms with Crippen LogP contribution >= 0.6 is 0 Å². The molecule has 0 saturated heterocycles. The summed E-state index contributed by atoms with van der Waals surface area (Å²) < 4.78 is 0. The Hall–Kier alpha value is -2.11. The quantitative estimate of drug-likeness (QED) is 0.459. The minimum atomic E-state index is -0.717. The number of hydrogen-bond acceptors (Lipinski definition) is 4. The van der Waals surface area contributed by atoms with Gasteiger partial charge in [-0.25, -0.2) is 0 Å². The lowest BCUT2D eigenvalue weighted by Crippen LogP contribution is -2.29. The van der Waals surface area contributed by atoms with Crippen LogP contribution in [0.3, 0.4) is 0 Å². The van der Waals surface area contributed by atoms with Crippen molar-refractivity contribution in [3.63, 3.8) is 0 Å². The molecule has 6 nitrogen and oxygen atoms in total. The molecule has 0 aromatic carbocycles. The van der Waals surface area contributed by atoms with Crippen LogP contribution in [0.2, 0.25) is 0 Å². The van der Waals surface area contributed by atoms with Gasteiger partial charge in [0, 0.05) is 0 Å². The van der Waals surface area contributed by atoms with E-state index in [-0.39, 0.29) is 0 Å². The number of H-pyrrole nitrogens is 2. The van der Waals surface area contributed by atoms with E-state index in [1.807, 2.05) is 0 Å². The summed E-state index contributed by atoms with van der Waals surface area (Å²) in [4.78, 5) is 30.3. The third kappa shape index (κ3) is 1.08. The summed E-state index contributed by atoms with van der Waals surface area (Å²) in [6.07, 6.45) is 2.82. The molecule has 0 radical (unpaired) electrons. The van der Waals surface area contributed by atoms with Crippen molar-refractivity contribution in [3.05, 3.63) is 33.1 Å². The van der Waals surface area contributed by atoms with Gasteiger partial charge >= 0.3 is 11.1 Å². The molecule has 2 rings (SSSR count). The smallest absolute Gasteiger partial charge is 0.314 e. The lowest BCUT2D eigenvalue weighted by molar-refractivity contribution is 1.13. The van der Waals surface area contributed by atoms with Crippen LogP contribution in [0.1, 0.15) is 0 Å². The fourth-order valence-corrected chi connectivity index (χ4v) is 1.06. The largest absolute Gasteiger partial charge is 0.396 e. The van der Waals surface area contributed by atoms with E-state index in [1.165, 1.54) is 12.4 Å². The van der Waals surface area contributed by atoms with Gasteiger partial charge in [-0.15, -0.1) is 0 Å². The molecule has 0 saturated carbocycles. The maximum absolute atomic E-state index is 10.9. The summed E-state index contributed by atoms with van der Waals surface area (Å²) in [6.45, 7) is 0. The highest BCUT2D eigenvalue weighted by atomic mass is 16.2. The first-order valence-corrected chi connectivity index (χ1v) is 3.54. The molecule has 0 spiro atoms. The number of rotatable bonds is 0. The number of pyridine rings is 1. The molecule has 0 atom stereocenters. The van der Waals surface area contributed by atoms with Crippen LogP contribution in [0.4, 0.5) is 5.69 Å². The molecule has 0 aliphatic heterocycles. The van der Waals surface area contributed by atoms with E-state index in [1.54, 1.807) is 0 Å². The SMILES string of the molecule is Nc1cncc2[nH]c(=O)c(=O)[nH]c12. The average Bonchev–Trinajstić information content (AvgIpc) is 2.09. The van der Waals surface area contributed by atoms with Crippen molar-refractivity contribution in [2.45, 2.75) is 0 Å². The van der Waals surface area contributed by atoms with Crippen molar-refractivity contribution in [3.8, 4) is 0 Å². The lowest BCUT2D eigenvalue weighted by Gasteiger charge is -1.98. The molecular formula is C7H6N4O2. The minimum Gasteiger partial charge on any atom is -0.396 e. The van der Waals surface area contributed by atoms with Crippen LogP contribution < -0.4 is 16.9 Å². The number of nitrogens with one attached hydrogen (secondary N) is 2. The molecule has 4 N–H and O–H groups in total. The maximum Gasteiger partial charge on any atom is 0.314 e. The first-order valence-electron chi connectivity index (χ1n) is 3.54. The van der Waals surface area contributed by atoms with Crippen LogP contribution in [0.5, 0.6) is 0 Å².